The zero-order valence-electron chi connectivity index (χ0n) is 36.7. The maximum atomic E-state index is 13.0. The van der Waals surface area contributed by atoms with Crippen molar-refractivity contribution in [3.05, 3.63) is 96.0 Å². The minimum atomic E-state index is -0.462. The minimum absolute atomic E-state index is 0.0386. The van der Waals surface area contributed by atoms with Crippen molar-refractivity contribution in [2.24, 2.45) is 5.92 Å². The predicted molar refractivity (Wildman–Crippen MR) is 243 cm³/mol. The van der Waals surface area contributed by atoms with E-state index in [2.05, 4.69) is 68.6 Å². The number of aliphatic hydroxyl groups is 1. The number of benzene rings is 2. The first-order chi connectivity index (χ1) is 30.9. The molecule has 332 valence electrons. The maximum Gasteiger partial charge on any atom is 0.328 e. The first-order valence-electron chi connectivity index (χ1n) is 22.0. The van der Waals surface area contributed by atoms with Crippen LogP contribution in [0.3, 0.4) is 0 Å². The number of imide groups is 1. The Kier molecular flexibility index (Phi) is 11.8. The summed E-state index contributed by atoms with van der Waals surface area (Å²) in [6.45, 7) is 14.8. The average molecular weight is 867 g/mol. The van der Waals surface area contributed by atoms with Gasteiger partial charge in [-0.15, -0.1) is 0 Å². The number of amides is 4. The Bertz CT molecular complexity index is 2640. The lowest BCUT2D eigenvalue weighted by Crippen LogP contribution is -2.49. The van der Waals surface area contributed by atoms with Crippen LogP contribution < -0.4 is 25.3 Å². The number of rotatable bonds is 11. The highest BCUT2D eigenvalue weighted by Gasteiger charge is 2.28. The number of H-pyrrole nitrogens is 1. The Morgan fingerprint density at radius 2 is 1.62 bits per heavy atom. The molecular formula is C47H54N12O5. The van der Waals surface area contributed by atoms with Gasteiger partial charge in [-0.1, -0.05) is 38.1 Å². The van der Waals surface area contributed by atoms with Gasteiger partial charge in [0.05, 0.1) is 41.6 Å². The van der Waals surface area contributed by atoms with Gasteiger partial charge in [-0.2, -0.15) is 4.98 Å². The van der Waals surface area contributed by atoms with E-state index in [1.165, 1.54) is 12.0 Å². The third-order valence-corrected chi connectivity index (χ3v) is 12.6. The van der Waals surface area contributed by atoms with Crippen LogP contribution in [0.1, 0.15) is 80.6 Å². The van der Waals surface area contributed by atoms with Gasteiger partial charge in [0.2, 0.25) is 11.8 Å². The van der Waals surface area contributed by atoms with E-state index >= 15 is 0 Å². The van der Waals surface area contributed by atoms with E-state index in [0.29, 0.717) is 41.7 Å². The molecule has 0 spiro atoms. The van der Waals surface area contributed by atoms with Gasteiger partial charge in [-0.05, 0) is 85.3 Å². The molecule has 2 aromatic carbocycles. The summed E-state index contributed by atoms with van der Waals surface area (Å²) in [5, 5.41) is 20.4. The van der Waals surface area contributed by atoms with Gasteiger partial charge >= 0.3 is 6.03 Å². The number of aromatic amines is 1. The number of piperidine rings is 1. The van der Waals surface area contributed by atoms with E-state index in [0.717, 1.165) is 97.9 Å². The number of carbonyl (C=O) groups is 3. The molecule has 3 aliphatic heterocycles. The number of nitrogens with zero attached hydrogens (tertiary/aromatic N) is 9. The number of nitrogens with one attached hydrogen (secondary N) is 3. The van der Waals surface area contributed by atoms with Crippen LogP contribution in [-0.2, 0) is 16.8 Å². The van der Waals surface area contributed by atoms with Gasteiger partial charge in [-0.25, -0.2) is 14.8 Å². The van der Waals surface area contributed by atoms with Gasteiger partial charge in [0.15, 0.2) is 0 Å². The molecule has 17 nitrogen and oxygen atoms in total. The molecule has 0 saturated carbocycles. The number of carbonyl (C=O) groups excluding carboxylic acids is 3. The van der Waals surface area contributed by atoms with Crippen molar-refractivity contribution >= 4 is 45.9 Å². The summed E-state index contributed by atoms with van der Waals surface area (Å²) >= 11 is 0. The van der Waals surface area contributed by atoms with Gasteiger partial charge in [0, 0.05) is 86.5 Å². The zero-order chi connectivity index (χ0) is 44.5. The van der Waals surface area contributed by atoms with E-state index in [-0.39, 0.29) is 29.8 Å². The third-order valence-electron chi connectivity index (χ3n) is 12.6. The molecule has 64 heavy (non-hydrogen) atoms. The molecule has 0 bridgehead atoms. The Morgan fingerprint density at radius 1 is 0.891 bits per heavy atom. The lowest BCUT2D eigenvalue weighted by Gasteiger charge is -2.40. The number of hydrogen-bond donors (Lipinski definition) is 4. The van der Waals surface area contributed by atoms with Crippen LogP contribution in [0.15, 0.2) is 77.7 Å². The molecule has 6 aromatic rings. The molecule has 17 heteroatoms. The second-order valence-corrected chi connectivity index (χ2v) is 18.0. The third kappa shape index (κ3) is 9.03. The summed E-state index contributed by atoms with van der Waals surface area (Å²) in [6, 6.07) is 19.2. The topological polar surface area (TPSA) is 202 Å². The SMILES string of the molecule is C[C@@H](NC(=O)c1noc(C(C)(C)C)n1)c1ccc(-c2ncnc3[nH]c(-c4ccc(N5CCN(CC6CCN(c7ccc(N8CCC(=O)NC8=O)cc7)CC6)CC5)cn4)cc23)cc1CO. The van der Waals surface area contributed by atoms with Crippen molar-refractivity contribution in [1.82, 2.24) is 45.6 Å². The largest absolute Gasteiger partial charge is 0.392 e. The maximum absolute atomic E-state index is 13.0. The molecule has 4 amide bonds. The standard InChI is InChI=1S/C47H54N12O5/c1-29(51-44(62)43-54-45(64-55-43)47(2,3)4)36-11-5-31(23-32(36)27-60)41-37-24-39(52-42(37)50-28-49-41)38-12-10-35(25-48-38)58-21-19-56(20-22-58)26-30-13-16-57(17-14-30)33-6-8-34(9-7-33)59-18-15-40(61)53-46(59)63/h5-12,23-25,28-30,60H,13-22,26-27H2,1-4H3,(H,51,62)(H,49,50,52)(H,53,61,63)/t29-/m1/s1. The molecule has 3 aliphatic rings. The average Bonchev–Trinajstić information content (AvgIpc) is 3.99. The summed E-state index contributed by atoms with van der Waals surface area (Å²) in [5.74, 6) is 0.311. The molecule has 7 heterocycles. The molecule has 0 radical (unpaired) electrons. The van der Waals surface area contributed by atoms with E-state index in [4.69, 9.17) is 9.51 Å². The highest BCUT2D eigenvalue weighted by atomic mass is 16.5. The molecule has 9 rings (SSSR count). The number of hydrogen-bond acceptors (Lipinski definition) is 13. The van der Waals surface area contributed by atoms with Crippen LogP contribution in [0.5, 0.6) is 0 Å². The zero-order valence-corrected chi connectivity index (χ0v) is 36.7. The predicted octanol–water partition coefficient (Wildman–Crippen LogP) is 5.84. The molecule has 4 aromatic heterocycles. The summed E-state index contributed by atoms with van der Waals surface area (Å²) in [5.41, 5.74) is 7.93. The van der Waals surface area contributed by atoms with Crippen LogP contribution in [0.4, 0.5) is 21.9 Å². The fraction of sp³-hybridized carbons (Fsp3) is 0.404. The van der Waals surface area contributed by atoms with Gasteiger partial charge in [0.1, 0.15) is 12.0 Å². The van der Waals surface area contributed by atoms with Crippen LogP contribution in [0.25, 0.3) is 33.7 Å². The molecular weight excluding hydrogens is 813 g/mol. The van der Waals surface area contributed by atoms with Gasteiger partial charge in [-0.3, -0.25) is 29.7 Å². The second-order valence-electron chi connectivity index (χ2n) is 18.0. The van der Waals surface area contributed by atoms with E-state index < -0.39 is 11.9 Å². The molecule has 0 unspecified atom stereocenters. The molecule has 4 N–H and O–H groups in total. The van der Waals surface area contributed by atoms with Gasteiger partial charge in [0.25, 0.3) is 11.7 Å². The first kappa shape index (κ1) is 42.6. The van der Waals surface area contributed by atoms with E-state index in [1.54, 1.807) is 4.90 Å². The lowest BCUT2D eigenvalue weighted by molar-refractivity contribution is -0.120. The molecule has 3 fully saturated rings. The Hall–Kier alpha value is -6.72. The van der Waals surface area contributed by atoms with Crippen molar-refractivity contribution in [1.29, 1.82) is 0 Å². The van der Waals surface area contributed by atoms with Crippen molar-refractivity contribution in [2.75, 3.05) is 67.1 Å². The first-order valence-corrected chi connectivity index (χ1v) is 22.0. The van der Waals surface area contributed by atoms with Crippen LogP contribution >= 0.6 is 0 Å². The van der Waals surface area contributed by atoms with Crippen LogP contribution in [0, 0.1) is 5.92 Å². The number of pyridine rings is 1. The van der Waals surface area contributed by atoms with Crippen molar-refractivity contribution in [3.8, 4) is 22.6 Å². The highest BCUT2D eigenvalue weighted by Crippen LogP contribution is 2.33. The highest BCUT2D eigenvalue weighted by molar-refractivity contribution is 6.05. The number of urea groups is 1. The molecule has 3 saturated heterocycles. The lowest BCUT2D eigenvalue weighted by atomic mass is 9.95. The van der Waals surface area contributed by atoms with Crippen molar-refractivity contribution in [3.63, 3.8) is 0 Å². The van der Waals surface area contributed by atoms with Crippen molar-refractivity contribution in [2.45, 2.75) is 65.0 Å². The number of aromatic nitrogens is 6. The summed E-state index contributed by atoms with van der Waals surface area (Å²) in [7, 11) is 0. The number of anilines is 3. The normalized spacial score (nSPS) is 17.2. The fourth-order valence-corrected chi connectivity index (χ4v) is 8.89. The Morgan fingerprint density at radius 3 is 2.31 bits per heavy atom. The van der Waals surface area contributed by atoms with Crippen LogP contribution in [-0.4, -0.2) is 110 Å². The summed E-state index contributed by atoms with van der Waals surface area (Å²) < 4.78 is 5.30. The quantitative estimate of drug-likeness (QED) is 0.121. The number of aliphatic hydroxyl groups excluding tert-OH is 1. The van der Waals surface area contributed by atoms with Crippen molar-refractivity contribution < 1.29 is 24.0 Å². The van der Waals surface area contributed by atoms with E-state index in [9.17, 15) is 19.5 Å². The van der Waals surface area contributed by atoms with E-state index in [1.807, 2.05) is 76.4 Å². The Balaban J connectivity index is 0.778. The monoisotopic (exact) mass is 866 g/mol. The van der Waals surface area contributed by atoms with Crippen LogP contribution in [0.2, 0.25) is 0 Å². The second kappa shape index (κ2) is 17.8. The summed E-state index contributed by atoms with van der Waals surface area (Å²) in [4.78, 5) is 67.5. The molecule has 1 atom stereocenters. The fourth-order valence-electron chi connectivity index (χ4n) is 8.89. The van der Waals surface area contributed by atoms with Gasteiger partial charge < -0.3 is 29.7 Å². The number of piperazine rings is 1. The number of fused-ring (bicyclic) bond motifs is 1. The summed E-state index contributed by atoms with van der Waals surface area (Å²) in [6.07, 6.45) is 6.07. The minimum Gasteiger partial charge on any atom is -0.392 e. The molecule has 0 aliphatic carbocycles. The smallest absolute Gasteiger partial charge is 0.328 e. The Labute approximate surface area is 371 Å².